The molecular weight excluding hydrogens is 388 g/mol. The fourth-order valence-electron chi connectivity index (χ4n) is 3.83. The van der Waals surface area contributed by atoms with Crippen molar-refractivity contribution in [2.24, 2.45) is 0 Å². The van der Waals surface area contributed by atoms with Crippen LogP contribution in [0, 0.1) is 0 Å². The van der Waals surface area contributed by atoms with Crippen molar-refractivity contribution in [3.63, 3.8) is 0 Å². The van der Waals surface area contributed by atoms with Crippen molar-refractivity contribution >= 4 is 17.3 Å². The van der Waals surface area contributed by atoms with E-state index >= 15 is 0 Å². The molecule has 172 valence electrons. The first-order valence-electron chi connectivity index (χ1n) is 11.9. The van der Waals surface area contributed by atoms with E-state index in [1.165, 1.54) is 77.0 Å². The Balaban J connectivity index is 1.95. The van der Waals surface area contributed by atoms with E-state index in [2.05, 4.69) is 6.92 Å². The van der Waals surface area contributed by atoms with E-state index < -0.39 is 24.4 Å². The molecule has 1 rings (SSSR count). The molecule has 1 heterocycles. The van der Waals surface area contributed by atoms with Gasteiger partial charge in [-0.1, -0.05) is 90.4 Å². The van der Waals surface area contributed by atoms with Crippen molar-refractivity contribution in [1.82, 2.24) is 0 Å². The van der Waals surface area contributed by atoms with Gasteiger partial charge >= 0.3 is 0 Å². The van der Waals surface area contributed by atoms with E-state index in [9.17, 15) is 15.3 Å². The van der Waals surface area contributed by atoms with Crippen molar-refractivity contribution in [3.8, 4) is 0 Å². The summed E-state index contributed by atoms with van der Waals surface area (Å²) in [7, 11) is 0. The van der Waals surface area contributed by atoms with Gasteiger partial charge in [-0.15, -0.1) is 0 Å². The largest absolute Gasteiger partial charge is 0.478 e. The van der Waals surface area contributed by atoms with Gasteiger partial charge in [0.2, 0.25) is 0 Å². The molecule has 1 aliphatic heterocycles. The highest BCUT2D eigenvalue weighted by Crippen LogP contribution is 2.20. The van der Waals surface area contributed by atoms with E-state index in [0.29, 0.717) is 11.5 Å². The maximum atomic E-state index is 10.1. The second kappa shape index (κ2) is 17.4. The molecular formula is C23H44O5S. The van der Waals surface area contributed by atoms with Gasteiger partial charge in [-0.05, 0) is 18.6 Å². The van der Waals surface area contributed by atoms with Crippen molar-refractivity contribution in [2.45, 2.75) is 128 Å². The molecule has 0 radical (unpaired) electrons. The first-order valence-corrected chi connectivity index (χ1v) is 12.3. The van der Waals surface area contributed by atoms with Crippen LogP contribution in [0.25, 0.3) is 0 Å². The molecule has 1 saturated heterocycles. The van der Waals surface area contributed by atoms with E-state index in [1.54, 1.807) is 0 Å². The van der Waals surface area contributed by atoms with Crippen LogP contribution in [0.15, 0.2) is 0 Å². The van der Waals surface area contributed by atoms with Crippen LogP contribution in [0.2, 0.25) is 0 Å². The van der Waals surface area contributed by atoms with E-state index in [4.69, 9.17) is 21.7 Å². The van der Waals surface area contributed by atoms with Crippen LogP contribution in [0.5, 0.6) is 0 Å². The highest BCUT2D eigenvalue weighted by Gasteiger charge is 2.40. The van der Waals surface area contributed by atoms with Crippen LogP contribution in [-0.2, 0) is 9.47 Å². The molecule has 4 atom stereocenters. The van der Waals surface area contributed by atoms with Crippen LogP contribution in [-0.4, -0.2) is 58.0 Å². The van der Waals surface area contributed by atoms with Gasteiger partial charge in [0, 0.05) is 6.42 Å². The third-order valence-corrected chi connectivity index (χ3v) is 6.06. The maximum absolute atomic E-state index is 10.1. The van der Waals surface area contributed by atoms with Gasteiger partial charge < -0.3 is 24.8 Å². The molecule has 29 heavy (non-hydrogen) atoms. The summed E-state index contributed by atoms with van der Waals surface area (Å²) in [6, 6.07) is 0. The minimum Gasteiger partial charge on any atom is -0.478 e. The SMILES string of the molecule is CCCCCCCCCCCCCCCCC(=S)O[C@H]1[C@H](O)[C@@H](O)CO[C@@H]1CO. The Bertz CT molecular complexity index is 405. The highest BCUT2D eigenvalue weighted by atomic mass is 32.1. The third kappa shape index (κ3) is 12.2. The summed E-state index contributed by atoms with van der Waals surface area (Å²) >= 11 is 5.27. The monoisotopic (exact) mass is 432 g/mol. The molecule has 0 aliphatic carbocycles. The zero-order valence-electron chi connectivity index (χ0n) is 18.4. The summed E-state index contributed by atoms with van der Waals surface area (Å²) in [6.45, 7) is 1.99. The summed E-state index contributed by atoms with van der Waals surface area (Å²) in [4.78, 5) is 0. The van der Waals surface area contributed by atoms with Gasteiger partial charge in [-0.25, -0.2) is 0 Å². The smallest absolute Gasteiger partial charge is 0.160 e. The summed E-state index contributed by atoms with van der Waals surface area (Å²) in [5, 5.41) is 29.5. The maximum Gasteiger partial charge on any atom is 0.160 e. The molecule has 1 aliphatic rings. The zero-order chi connectivity index (χ0) is 21.3. The molecule has 1 fully saturated rings. The number of ether oxygens (including phenoxy) is 2. The van der Waals surface area contributed by atoms with Gasteiger partial charge in [0.15, 0.2) is 11.2 Å². The highest BCUT2D eigenvalue weighted by molar-refractivity contribution is 7.80. The first-order chi connectivity index (χ1) is 14.1. The summed E-state index contributed by atoms with van der Waals surface area (Å²) in [6.07, 6.45) is 15.4. The fraction of sp³-hybridized carbons (Fsp3) is 0.957. The van der Waals surface area contributed by atoms with E-state index in [0.717, 1.165) is 12.8 Å². The van der Waals surface area contributed by atoms with Crippen LogP contribution < -0.4 is 0 Å². The predicted octanol–water partition coefficient (Wildman–Crippen LogP) is 4.68. The molecule has 0 aromatic heterocycles. The number of hydrogen-bond donors (Lipinski definition) is 3. The summed E-state index contributed by atoms with van der Waals surface area (Å²) in [5.74, 6) is 0. The Labute approximate surface area is 183 Å². The third-order valence-electron chi connectivity index (χ3n) is 5.76. The molecule has 0 aromatic carbocycles. The number of aliphatic hydroxyl groups is 3. The minimum absolute atomic E-state index is 0.00201. The van der Waals surface area contributed by atoms with Crippen LogP contribution in [0.1, 0.15) is 103 Å². The summed E-state index contributed by atoms with van der Waals surface area (Å²) < 4.78 is 10.9. The van der Waals surface area contributed by atoms with Gasteiger partial charge in [-0.2, -0.15) is 0 Å². The molecule has 3 N–H and O–H groups in total. The lowest BCUT2D eigenvalue weighted by Crippen LogP contribution is -2.55. The molecule has 6 heteroatoms. The topological polar surface area (TPSA) is 79.2 Å². The molecule has 0 aromatic rings. The van der Waals surface area contributed by atoms with Gasteiger partial charge in [-0.3, -0.25) is 0 Å². The van der Waals surface area contributed by atoms with Crippen LogP contribution >= 0.6 is 12.2 Å². The van der Waals surface area contributed by atoms with Gasteiger partial charge in [0.05, 0.1) is 13.2 Å². The average Bonchev–Trinajstić information content (AvgIpc) is 2.72. The Hall–Kier alpha value is -0.270. The molecule has 0 bridgehead atoms. The average molecular weight is 433 g/mol. The Morgan fingerprint density at radius 2 is 1.34 bits per heavy atom. The van der Waals surface area contributed by atoms with Gasteiger partial charge in [0.1, 0.15) is 18.3 Å². The quantitative estimate of drug-likeness (QED) is 0.229. The number of unbranched alkanes of at least 4 members (excludes halogenated alkanes) is 13. The van der Waals surface area contributed by atoms with Crippen molar-refractivity contribution in [2.75, 3.05) is 13.2 Å². The Kier molecular flexibility index (Phi) is 16.1. The second-order valence-corrected chi connectivity index (χ2v) is 8.87. The van der Waals surface area contributed by atoms with E-state index in [1.807, 2.05) is 0 Å². The summed E-state index contributed by atoms with van der Waals surface area (Å²) in [5.41, 5.74) is 0. The van der Waals surface area contributed by atoms with Crippen LogP contribution in [0.4, 0.5) is 0 Å². The number of hydrogen-bond acceptors (Lipinski definition) is 6. The molecule has 0 spiro atoms. The molecule has 0 unspecified atom stereocenters. The standard InChI is InChI=1S/C23H44O5S/c1-2-3-4-5-6-7-8-9-10-11-12-13-14-15-16-21(29)28-23-20(17-24)27-18-19(25)22(23)26/h19-20,22-26H,2-18H2,1H3/t19-,20+,22+,23+/m0/s1. The van der Waals surface area contributed by atoms with Crippen molar-refractivity contribution < 1.29 is 24.8 Å². The Morgan fingerprint density at radius 1 is 0.862 bits per heavy atom. The molecule has 5 nitrogen and oxygen atoms in total. The minimum atomic E-state index is -1.09. The zero-order valence-corrected chi connectivity index (χ0v) is 19.2. The molecule has 0 amide bonds. The lowest BCUT2D eigenvalue weighted by molar-refractivity contribution is -0.190. The predicted molar refractivity (Wildman–Crippen MR) is 121 cm³/mol. The molecule has 0 saturated carbocycles. The van der Waals surface area contributed by atoms with E-state index in [-0.39, 0.29) is 13.2 Å². The van der Waals surface area contributed by atoms with Crippen molar-refractivity contribution in [1.29, 1.82) is 0 Å². The number of thiocarbonyl (C=S) groups is 1. The lowest BCUT2D eigenvalue weighted by atomic mass is 10.0. The lowest BCUT2D eigenvalue weighted by Gasteiger charge is -2.37. The number of aliphatic hydroxyl groups excluding tert-OH is 3. The van der Waals surface area contributed by atoms with Crippen molar-refractivity contribution in [3.05, 3.63) is 0 Å². The van der Waals surface area contributed by atoms with Gasteiger partial charge in [0.25, 0.3) is 0 Å². The first kappa shape index (κ1) is 26.8. The fourth-order valence-corrected chi connectivity index (χ4v) is 4.09. The second-order valence-electron chi connectivity index (χ2n) is 8.41. The van der Waals surface area contributed by atoms with Crippen LogP contribution in [0.3, 0.4) is 0 Å². The normalized spacial score (nSPS) is 24.6. The number of rotatable bonds is 17. The Morgan fingerprint density at radius 3 is 1.83 bits per heavy atom.